The number of halogens is 4. The lowest BCUT2D eigenvalue weighted by Gasteiger charge is -2.43. The van der Waals surface area contributed by atoms with Gasteiger partial charge in [-0.3, -0.25) is 14.6 Å². The van der Waals surface area contributed by atoms with Crippen molar-refractivity contribution in [2.24, 2.45) is 5.92 Å². The number of carboxylic acids is 1. The van der Waals surface area contributed by atoms with Crippen LogP contribution in [-0.4, -0.2) is 94.4 Å². The molecule has 3 aliphatic heterocycles. The zero-order valence-electron chi connectivity index (χ0n) is 25.7. The first-order valence-corrected chi connectivity index (χ1v) is 16.0. The Morgan fingerprint density at radius 1 is 0.957 bits per heavy atom. The molecule has 3 aliphatic rings. The van der Waals surface area contributed by atoms with Crippen molar-refractivity contribution in [1.82, 2.24) is 24.8 Å². The van der Waals surface area contributed by atoms with E-state index in [4.69, 9.17) is 42.8 Å². The number of carboxylic acid groups (broad SMARTS) is 1. The van der Waals surface area contributed by atoms with Crippen LogP contribution in [0.3, 0.4) is 0 Å². The number of rotatable bonds is 10. The molecular formula is C32H40Cl4N6O4. The van der Waals surface area contributed by atoms with E-state index in [0.717, 1.165) is 76.2 Å². The molecule has 0 radical (unpaired) electrons. The summed E-state index contributed by atoms with van der Waals surface area (Å²) in [6, 6.07) is 10.4. The van der Waals surface area contributed by atoms with Gasteiger partial charge in [0.1, 0.15) is 0 Å². The molecule has 0 bridgehead atoms. The number of nitrogens with zero attached hydrogens (tertiary/aromatic N) is 6. The summed E-state index contributed by atoms with van der Waals surface area (Å²) >= 11 is 12.6. The van der Waals surface area contributed by atoms with E-state index in [2.05, 4.69) is 31.7 Å². The molecule has 10 nitrogen and oxygen atoms in total. The van der Waals surface area contributed by atoms with Gasteiger partial charge >= 0.3 is 5.97 Å². The average molecular weight is 715 g/mol. The Morgan fingerprint density at radius 2 is 1.61 bits per heavy atom. The summed E-state index contributed by atoms with van der Waals surface area (Å²) in [5, 5.41) is 10.2. The molecule has 3 fully saturated rings. The van der Waals surface area contributed by atoms with Gasteiger partial charge in [-0.15, -0.1) is 24.8 Å². The van der Waals surface area contributed by atoms with Crippen molar-refractivity contribution >= 4 is 59.9 Å². The first-order chi connectivity index (χ1) is 21.3. The molecule has 0 amide bonds. The maximum absolute atomic E-state index is 11.1. The minimum Gasteiger partial charge on any atom is -0.481 e. The molecule has 0 unspecified atom stereocenters. The van der Waals surface area contributed by atoms with Crippen molar-refractivity contribution in [2.75, 3.05) is 51.3 Å². The molecule has 0 saturated carbocycles. The molecule has 1 aromatic carbocycles. The number of aromatic nitrogens is 3. The molecule has 0 aliphatic carbocycles. The van der Waals surface area contributed by atoms with E-state index < -0.39 is 5.97 Å². The van der Waals surface area contributed by atoms with E-state index in [9.17, 15) is 4.79 Å². The lowest BCUT2D eigenvalue weighted by atomic mass is 9.93. The van der Waals surface area contributed by atoms with Crippen LogP contribution >= 0.6 is 48.0 Å². The van der Waals surface area contributed by atoms with E-state index in [1.807, 2.05) is 24.3 Å². The molecule has 0 atom stereocenters. The summed E-state index contributed by atoms with van der Waals surface area (Å²) in [6.07, 6.45) is 7.49. The lowest BCUT2D eigenvalue weighted by molar-refractivity contribution is -0.138. The van der Waals surface area contributed by atoms with E-state index >= 15 is 0 Å². The summed E-state index contributed by atoms with van der Waals surface area (Å²) in [4.78, 5) is 32.2. The molecular weight excluding hydrogens is 674 g/mol. The molecule has 46 heavy (non-hydrogen) atoms. The first kappa shape index (κ1) is 36.4. The van der Waals surface area contributed by atoms with Gasteiger partial charge in [-0.1, -0.05) is 23.2 Å². The number of likely N-dealkylation sites (N-methyl/N-ethyl adjacent to an activating group) is 1. The van der Waals surface area contributed by atoms with Gasteiger partial charge in [0.15, 0.2) is 5.75 Å². The predicted octanol–water partition coefficient (Wildman–Crippen LogP) is 6.47. The van der Waals surface area contributed by atoms with Crippen LogP contribution < -0.4 is 9.64 Å². The second-order valence-corrected chi connectivity index (χ2v) is 12.9. The third-order valence-corrected chi connectivity index (χ3v) is 9.39. The van der Waals surface area contributed by atoms with Crippen LogP contribution in [0.4, 0.5) is 5.95 Å². The Labute approximate surface area is 292 Å². The Hall–Kier alpha value is -2.44. The van der Waals surface area contributed by atoms with Crippen LogP contribution in [0.1, 0.15) is 37.7 Å². The standard InChI is InChI=1S/C32H38Cl2N6O4.2ClH/c1-38(27-19-43-20-27)26-4-8-40(9-5-26)32-35-16-28(17-36-32)44-30-11-22(18-39-6-2-21(3-7-39)12-31(41)42)10-29(37-30)23-13-24(33)15-25(34)14-23;;/h10-11,13-17,21,26-27H,2-9,12,18-20H2,1H3,(H,41,42);2*1H. The van der Waals surface area contributed by atoms with Crippen molar-refractivity contribution in [3.8, 4) is 22.9 Å². The Bertz CT molecular complexity index is 1430. The minimum absolute atomic E-state index is 0. The van der Waals surface area contributed by atoms with Crippen molar-refractivity contribution < 1.29 is 19.4 Å². The lowest BCUT2D eigenvalue weighted by Crippen LogP contribution is -2.54. The smallest absolute Gasteiger partial charge is 0.303 e. The SMILES string of the molecule is CN(C1CCN(c2ncc(Oc3cc(CN4CCC(CC(=O)O)CC4)cc(-c4cc(Cl)cc(Cl)c4)n3)cn2)CC1)C1COC1.Cl.Cl. The van der Waals surface area contributed by atoms with Crippen molar-refractivity contribution in [3.05, 3.63) is 58.3 Å². The number of piperidine rings is 2. The topological polar surface area (TPSA) is 104 Å². The van der Waals surface area contributed by atoms with Gasteiger partial charge in [0.05, 0.1) is 37.3 Å². The number of anilines is 1. The fraction of sp³-hybridized carbons (Fsp3) is 0.500. The van der Waals surface area contributed by atoms with E-state index in [-0.39, 0.29) is 37.2 Å². The molecule has 3 aromatic rings. The number of carbonyl (C=O) groups is 1. The molecule has 0 spiro atoms. The van der Waals surface area contributed by atoms with Gasteiger partial charge < -0.3 is 19.5 Å². The number of likely N-dealkylation sites (tertiary alicyclic amines) is 1. The van der Waals surface area contributed by atoms with Crippen LogP contribution in [0.25, 0.3) is 11.3 Å². The highest BCUT2D eigenvalue weighted by Gasteiger charge is 2.31. The molecule has 5 heterocycles. The van der Waals surface area contributed by atoms with Crippen molar-refractivity contribution in [3.63, 3.8) is 0 Å². The highest BCUT2D eigenvalue weighted by molar-refractivity contribution is 6.35. The Balaban J connectivity index is 0.00000240. The summed E-state index contributed by atoms with van der Waals surface area (Å²) in [5.41, 5.74) is 2.51. The largest absolute Gasteiger partial charge is 0.481 e. The summed E-state index contributed by atoms with van der Waals surface area (Å²) in [7, 11) is 2.20. The quantitative estimate of drug-likeness (QED) is 0.252. The van der Waals surface area contributed by atoms with E-state index in [0.29, 0.717) is 51.9 Å². The molecule has 6 rings (SSSR count). The fourth-order valence-electron chi connectivity index (χ4n) is 6.28. The van der Waals surface area contributed by atoms with Crippen LogP contribution in [0.5, 0.6) is 11.6 Å². The monoisotopic (exact) mass is 712 g/mol. The highest BCUT2D eigenvalue weighted by Crippen LogP contribution is 2.31. The summed E-state index contributed by atoms with van der Waals surface area (Å²) in [6.45, 7) is 5.85. The Kier molecular flexibility index (Phi) is 13.1. The zero-order chi connectivity index (χ0) is 30.6. The van der Waals surface area contributed by atoms with Gasteiger partial charge in [0.2, 0.25) is 11.8 Å². The number of benzene rings is 1. The third-order valence-electron chi connectivity index (χ3n) is 8.95. The van der Waals surface area contributed by atoms with E-state index in [1.165, 1.54) is 0 Å². The second-order valence-electron chi connectivity index (χ2n) is 12.1. The molecule has 1 N–H and O–H groups in total. The van der Waals surface area contributed by atoms with Gasteiger partial charge in [-0.05, 0) is 81.6 Å². The average Bonchev–Trinajstić information content (AvgIpc) is 2.97. The number of hydrogen-bond donors (Lipinski definition) is 1. The third kappa shape index (κ3) is 9.34. The van der Waals surface area contributed by atoms with Gasteiger partial charge in [0, 0.05) is 53.8 Å². The molecule has 250 valence electrons. The summed E-state index contributed by atoms with van der Waals surface area (Å²) < 4.78 is 11.6. The normalized spacial score (nSPS) is 18.0. The second kappa shape index (κ2) is 16.6. The van der Waals surface area contributed by atoms with Crippen LogP contribution in [0.2, 0.25) is 10.0 Å². The van der Waals surface area contributed by atoms with Crippen LogP contribution in [-0.2, 0) is 16.1 Å². The number of aliphatic carboxylic acids is 1. The maximum Gasteiger partial charge on any atom is 0.303 e. The van der Waals surface area contributed by atoms with Crippen LogP contribution in [0, 0.1) is 5.92 Å². The number of pyridine rings is 1. The van der Waals surface area contributed by atoms with Crippen molar-refractivity contribution in [1.29, 1.82) is 0 Å². The zero-order valence-corrected chi connectivity index (χ0v) is 28.8. The first-order valence-electron chi connectivity index (χ1n) is 15.2. The molecule has 3 saturated heterocycles. The Morgan fingerprint density at radius 3 is 2.20 bits per heavy atom. The van der Waals surface area contributed by atoms with Gasteiger partial charge in [-0.2, -0.15) is 0 Å². The van der Waals surface area contributed by atoms with Gasteiger partial charge in [-0.25, -0.2) is 15.0 Å². The number of hydrogen-bond acceptors (Lipinski definition) is 9. The maximum atomic E-state index is 11.1. The summed E-state index contributed by atoms with van der Waals surface area (Å²) in [5.74, 6) is 1.13. The fourth-order valence-corrected chi connectivity index (χ4v) is 6.81. The van der Waals surface area contributed by atoms with E-state index in [1.54, 1.807) is 18.5 Å². The van der Waals surface area contributed by atoms with Crippen LogP contribution in [0.15, 0.2) is 42.7 Å². The minimum atomic E-state index is -0.728. The van der Waals surface area contributed by atoms with Crippen molar-refractivity contribution in [2.45, 2.75) is 50.7 Å². The highest BCUT2D eigenvalue weighted by atomic mass is 35.5. The molecule has 2 aromatic heterocycles. The number of ether oxygens (including phenoxy) is 2. The van der Waals surface area contributed by atoms with Gasteiger partial charge in [0.25, 0.3) is 0 Å². The molecule has 14 heteroatoms. The predicted molar refractivity (Wildman–Crippen MR) is 184 cm³/mol.